The highest BCUT2D eigenvalue weighted by Gasteiger charge is 2.40. The number of hydrogen-bond acceptors (Lipinski definition) is 7. The lowest BCUT2D eigenvalue weighted by atomic mass is 10.1. The molecule has 1 fully saturated rings. The third-order valence-electron chi connectivity index (χ3n) is 5.43. The molecule has 0 atom stereocenters. The Hall–Kier alpha value is -4.01. The van der Waals surface area contributed by atoms with E-state index in [-0.39, 0.29) is 50.2 Å². The predicted octanol–water partition coefficient (Wildman–Crippen LogP) is 3.82. The number of hydrogen-bond donors (Lipinski definition) is 1. The van der Waals surface area contributed by atoms with Crippen molar-refractivity contribution in [2.75, 3.05) is 50.1 Å². The van der Waals surface area contributed by atoms with E-state index in [2.05, 4.69) is 10.3 Å². The zero-order valence-corrected chi connectivity index (χ0v) is 19.4. The molecule has 9 nitrogen and oxygen atoms in total. The number of halogens is 3. The molecule has 2 amide bonds. The number of amides is 2. The van der Waals surface area contributed by atoms with Crippen LogP contribution in [0.5, 0.6) is 5.75 Å². The second-order valence-electron chi connectivity index (χ2n) is 7.67. The Morgan fingerprint density at radius 1 is 1.20 bits per heavy atom. The van der Waals surface area contributed by atoms with Gasteiger partial charge in [-0.2, -0.15) is 18.4 Å². The maximum atomic E-state index is 13.6. The van der Waals surface area contributed by atoms with Gasteiger partial charge < -0.3 is 24.6 Å². The summed E-state index contributed by atoms with van der Waals surface area (Å²) in [4.78, 5) is 31.4. The van der Waals surface area contributed by atoms with Crippen LogP contribution < -0.4 is 15.0 Å². The molecule has 0 spiro atoms. The molecule has 1 N–H and O–H groups in total. The average Bonchev–Trinajstić information content (AvgIpc) is 2.84. The first-order valence-corrected chi connectivity index (χ1v) is 10.7. The van der Waals surface area contributed by atoms with Crippen molar-refractivity contribution in [3.05, 3.63) is 46.6 Å². The first-order chi connectivity index (χ1) is 16.6. The van der Waals surface area contributed by atoms with Crippen LogP contribution in [0.4, 0.5) is 29.5 Å². The maximum absolute atomic E-state index is 13.6. The van der Waals surface area contributed by atoms with Gasteiger partial charge in [-0.25, -0.2) is 14.6 Å². The van der Waals surface area contributed by atoms with E-state index in [1.54, 1.807) is 25.3 Å². The van der Waals surface area contributed by atoms with Gasteiger partial charge >= 0.3 is 18.2 Å². The van der Waals surface area contributed by atoms with Crippen molar-refractivity contribution in [1.82, 2.24) is 9.88 Å². The Labute approximate surface area is 200 Å². The second kappa shape index (κ2) is 10.5. The lowest BCUT2D eigenvalue weighted by molar-refractivity contribution is -0.141. The van der Waals surface area contributed by atoms with Gasteiger partial charge in [0.05, 0.1) is 24.8 Å². The van der Waals surface area contributed by atoms with Crippen molar-refractivity contribution in [2.45, 2.75) is 20.0 Å². The van der Waals surface area contributed by atoms with Crippen molar-refractivity contribution < 1.29 is 32.2 Å². The molecule has 1 aliphatic rings. The fourth-order valence-corrected chi connectivity index (χ4v) is 3.63. The summed E-state index contributed by atoms with van der Waals surface area (Å²) >= 11 is 0. The summed E-state index contributed by atoms with van der Waals surface area (Å²) in [5.74, 6) is -0.744. The molecule has 1 saturated heterocycles. The summed E-state index contributed by atoms with van der Waals surface area (Å²) < 4.78 is 50.8. The lowest BCUT2D eigenvalue weighted by Crippen LogP contribution is -2.50. The first-order valence-electron chi connectivity index (χ1n) is 10.7. The number of ether oxygens (including phenoxy) is 2. The third-order valence-corrected chi connectivity index (χ3v) is 5.43. The second-order valence-corrected chi connectivity index (χ2v) is 7.67. The highest BCUT2D eigenvalue weighted by molar-refractivity contribution is 5.92. The number of nitrogens with one attached hydrogen (secondary N) is 1. The molecule has 186 valence electrons. The zero-order valence-electron chi connectivity index (χ0n) is 19.4. The molecule has 0 unspecified atom stereocenters. The van der Waals surface area contributed by atoms with E-state index < -0.39 is 23.4 Å². The molecule has 35 heavy (non-hydrogen) atoms. The number of aromatic nitrogens is 1. The van der Waals surface area contributed by atoms with Crippen LogP contribution in [-0.2, 0) is 10.9 Å². The number of nitrogens with zero attached hydrogens (tertiary/aromatic N) is 4. The number of benzene rings is 1. The minimum atomic E-state index is -4.93. The van der Waals surface area contributed by atoms with Crippen LogP contribution in [0.25, 0.3) is 0 Å². The summed E-state index contributed by atoms with van der Waals surface area (Å²) in [6.07, 6.45) is -4.93. The number of esters is 1. The van der Waals surface area contributed by atoms with Gasteiger partial charge in [-0.1, -0.05) is 0 Å². The summed E-state index contributed by atoms with van der Waals surface area (Å²) in [6.45, 7) is 3.83. The Morgan fingerprint density at radius 3 is 2.43 bits per heavy atom. The lowest BCUT2D eigenvalue weighted by Gasteiger charge is -2.36. The van der Waals surface area contributed by atoms with E-state index in [0.717, 1.165) is 11.6 Å². The maximum Gasteiger partial charge on any atom is 0.434 e. The molecule has 1 aromatic carbocycles. The number of aryl methyl sites for hydroxylation is 1. The van der Waals surface area contributed by atoms with Crippen LogP contribution in [0.2, 0.25) is 0 Å². The third kappa shape index (κ3) is 5.74. The molecule has 12 heteroatoms. The summed E-state index contributed by atoms with van der Waals surface area (Å²) in [5.41, 5.74) is -1.00. The fourth-order valence-electron chi connectivity index (χ4n) is 3.63. The van der Waals surface area contributed by atoms with Crippen molar-refractivity contribution in [2.24, 2.45) is 0 Å². The van der Waals surface area contributed by atoms with Gasteiger partial charge in [0.2, 0.25) is 0 Å². The van der Waals surface area contributed by atoms with E-state index >= 15 is 0 Å². The normalized spacial score (nSPS) is 13.7. The first kappa shape index (κ1) is 25.6. The highest BCUT2D eigenvalue weighted by atomic mass is 19.4. The molecule has 2 aromatic rings. The molecule has 0 radical (unpaired) electrons. The van der Waals surface area contributed by atoms with Gasteiger partial charge in [-0.15, -0.1) is 0 Å². The van der Waals surface area contributed by atoms with Crippen LogP contribution in [0, 0.1) is 18.3 Å². The van der Waals surface area contributed by atoms with E-state index in [1.807, 2.05) is 13.0 Å². The monoisotopic (exact) mass is 491 g/mol. The number of anilines is 2. The fraction of sp³-hybridized carbons (Fsp3) is 0.391. The van der Waals surface area contributed by atoms with Gasteiger partial charge in [0.25, 0.3) is 0 Å². The number of pyridine rings is 1. The zero-order chi connectivity index (χ0) is 25.8. The number of carbonyl (C=O) groups is 2. The molecule has 0 saturated carbocycles. The van der Waals surface area contributed by atoms with E-state index in [0.29, 0.717) is 11.4 Å². The number of urea groups is 1. The summed E-state index contributed by atoms with van der Waals surface area (Å²) in [7, 11) is 1.54. The standard InChI is InChI=1S/C23H24F3N5O4/c1-4-35-21(32)17-12-15(13-27)20(29-19(17)23(24,25)26)30-7-9-31(10-8-30)22(33)28-18-6-5-16(34-3)11-14(18)2/h5-6,11-12H,4,7-10H2,1-3H3,(H,28,33). The smallest absolute Gasteiger partial charge is 0.434 e. The van der Waals surface area contributed by atoms with Crippen molar-refractivity contribution in [1.29, 1.82) is 5.26 Å². The largest absolute Gasteiger partial charge is 0.497 e. The number of nitriles is 1. The van der Waals surface area contributed by atoms with Gasteiger partial charge in [-0.3, -0.25) is 0 Å². The van der Waals surface area contributed by atoms with Gasteiger partial charge in [0.15, 0.2) is 5.69 Å². The van der Waals surface area contributed by atoms with E-state index in [9.17, 15) is 28.0 Å². The molecule has 0 bridgehead atoms. The topological polar surface area (TPSA) is 108 Å². The number of rotatable bonds is 5. The quantitative estimate of drug-likeness (QED) is 0.634. The molecule has 0 aliphatic carbocycles. The van der Waals surface area contributed by atoms with Crippen molar-refractivity contribution >= 4 is 23.5 Å². The molecule has 2 heterocycles. The SMILES string of the molecule is CCOC(=O)c1cc(C#N)c(N2CCN(C(=O)Nc3ccc(OC)cc3C)CC2)nc1C(F)(F)F. The number of methoxy groups -OCH3 is 1. The Kier molecular flexibility index (Phi) is 7.68. The molecule has 1 aliphatic heterocycles. The van der Waals surface area contributed by atoms with E-state index in [4.69, 9.17) is 9.47 Å². The minimum Gasteiger partial charge on any atom is -0.497 e. The van der Waals surface area contributed by atoms with Crippen LogP contribution in [-0.4, -0.2) is 61.8 Å². The highest BCUT2D eigenvalue weighted by Crippen LogP contribution is 2.34. The van der Waals surface area contributed by atoms with Gasteiger partial charge in [0.1, 0.15) is 17.6 Å². The number of carbonyl (C=O) groups excluding carboxylic acids is 2. The van der Waals surface area contributed by atoms with E-state index in [1.165, 1.54) is 16.7 Å². The van der Waals surface area contributed by atoms with Gasteiger partial charge in [0, 0.05) is 31.9 Å². The Balaban J connectivity index is 1.78. The van der Waals surface area contributed by atoms with Crippen LogP contribution in [0.15, 0.2) is 24.3 Å². The van der Waals surface area contributed by atoms with Crippen LogP contribution in [0.3, 0.4) is 0 Å². The molecule has 1 aromatic heterocycles. The molecule has 3 rings (SSSR count). The van der Waals surface area contributed by atoms with Crippen molar-refractivity contribution in [3.8, 4) is 11.8 Å². The molecular formula is C23H24F3N5O4. The average molecular weight is 491 g/mol. The Bertz CT molecular complexity index is 1160. The number of alkyl halides is 3. The minimum absolute atomic E-state index is 0.125. The molecular weight excluding hydrogens is 467 g/mol. The van der Waals surface area contributed by atoms with Crippen molar-refractivity contribution in [3.63, 3.8) is 0 Å². The predicted molar refractivity (Wildman–Crippen MR) is 120 cm³/mol. The summed E-state index contributed by atoms with van der Waals surface area (Å²) in [5, 5.41) is 12.3. The van der Waals surface area contributed by atoms with Crippen LogP contribution in [0.1, 0.15) is 34.1 Å². The summed E-state index contributed by atoms with van der Waals surface area (Å²) in [6, 6.07) is 7.52. The number of piperazine rings is 1. The van der Waals surface area contributed by atoms with Crippen LogP contribution >= 0.6 is 0 Å². The Morgan fingerprint density at radius 2 is 1.89 bits per heavy atom. The van der Waals surface area contributed by atoms with Gasteiger partial charge in [-0.05, 0) is 43.7 Å².